The normalized spacial score (nSPS) is 21.1. The van der Waals surface area contributed by atoms with Gasteiger partial charge in [0.05, 0.1) is 7.11 Å². The van der Waals surface area contributed by atoms with Crippen LogP contribution in [0.3, 0.4) is 0 Å². The minimum Gasteiger partial charge on any atom is -0.496 e. The van der Waals surface area contributed by atoms with Crippen molar-refractivity contribution in [3.63, 3.8) is 0 Å². The van der Waals surface area contributed by atoms with E-state index >= 15 is 0 Å². The van der Waals surface area contributed by atoms with E-state index in [1.165, 1.54) is 31.2 Å². The van der Waals surface area contributed by atoms with Crippen LogP contribution in [0.1, 0.15) is 51.1 Å². The average molecular weight is 261 g/mol. The molecule has 2 rings (SSSR count). The molecule has 1 aromatic rings. The second kappa shape index (κ2) is 5.96. The highest BCUT2D eigenvalue weighted by atomic mass is 16.5. The number of nitrogens with one attached hydrogen (secondary N) is 1. The van der Waals surface area contributed by atoms with Crippen LogP contribution in [0.15, 0.2) is 24.3 Å². The molecule has 0 bridgehead atoms. The quantitative estimate of drug-likeness (QED) is 0.878. The number of hydrogen-bond donors (Lipinski definition) is 1. The van der Waals surface area contributed by atoms with Gasteiger partial charge in [0.1, 0.15) is 5.75 Å². The van der Waals surface area contributed by atoms with E-state index in [1.807, 2.05) is 6.07 Å². The molecule has 0 saturated heterocycles. The van der Waals surface area contributed by atoms with Gasteiger partial charge < -0.3 is 10.1 Å². The van der Waals surface area contributed by atoms with Crippen LogP contribution >= 0.6 is 0 Å². The van der Waals surface area contributed by atoms with E-state index in [2.05, 4.69) is 44.4 Å². The highest BCUT2D eigenvalue weighted by molar-refractivity contribution is 5.36. The molecule has 1 unspecified atom stereocenters. The van der Waals surface area contributed by atoms with Crippen LogP contribution in [0.4, 0.5) is 0 Å². The Labute approximate surface area is 117 Å². The summed E-state index contributed by atoms with van der Waals surface area (Å²) in [6.07, 6.45) is 5.25. The lowest BCUT2D eigenvalue weighted by molar-refractivity contribution is 0.163. The Morgan fingerprint density at radius 2 is 1.84 bits per heavy atom. The molecule has 1 aliphatic carbocycles. The Balaban J connectivity index is 2.16. The van der Waals surface area contributed by atoms with Crippen LogP contribution in [0.5, 0.6) is 5.75 Å². The van der Waals surface area contributed by atoms with Gasteiger partial charge in [-0.1, -0.05) is 32.0 Å². The van der Waals surface area contributed by atoms with Crippen molar-refractivity contribution in [3.8, 4) is 5.75 Å². The Kier molecular flexibility index (Phi) is 4.51. The zero-order valence-corrected chi connectivity index (χ0v) is 12.7. The van der Waals surface area contributed by atoms with Crippen molar-refractivity contribution in [2.75, 3.05) is 14.2 Å². The molecule has 1 aromatic carbocycles. The van der Waals surface area contributed by atoms with Crippen molar-refractivity contribution >= 4 is 0 Å². The summed E-state index contributed by atoms with van der Waals surface area (Å²) in [5.74, 6) is 1.72. The van der Waals surface area contributed by atoms with E-state index in [4.69, 9.17) is 4.74 Å². The third kappa shape index (κ3) is 3.30. The zero-order valence-electron chi connectivity index (χ0n) is 12.7. The predicted octanol–water partition coefficient (Wildman–Crippen LogP) is 4.17. The molecule has 0 amide bonds. The monoisotopic (exact) mass is 261 g/mol. The van der Waals surface area contributed by atoms with Gasteiger partial charge in [0.25, 0.3) is 0 Å². The van der Waals surface area contributed by atoms with E-state index < -0.39 is 0 Å². The van der Waals surface area contributed by atoms with E-state index in [-0.39, 0.29) is 0 Å². The van der Waals surface area contributed by atoms with Crippen LogP contribution in [0.25, 0.3) is 0 Å². The van der Waals surface area contributed by atoms with Crippen LogP contribution in [0, 0.1) is 11.3 Å². The maximum Gasteiger partial charge on any atom is 0.123 e. The van der Waals surface area contributed by atoms with Crippen molar-refractivity contribution in [1.82, 2.24) is 5.32 Å². The third-order valence-corrected chi connectivity index (χ3v) is 4.64. The van der Waals surface area contributed by atoms with Crippen molar-refractivity contribution in [1.29, 1.82) is 0 Å². The van der Waals surface area contributed by atoms with Crippen molar-refractivity contribution in [3.05, 3.63) is 29.8 Å². The Bertz CT molecular complexity index is 403. The first-order chi connectivity index (χ1) is 9.07. The first-order valence-corrected chi connectivity index (χ1v) is 7.37. The SMILES string of the molecule is CNC(c1ccccc1OC)C1CCC(C)(C)CC1. The number of hydrogen-bond acceptors (Lipinski definition) is 2. The average Bonchev–Trinajstić information content (AvgIpc) is 2.42. The van der Waals surface area contributed by atoms with Gasteiger partial charge in [-0.05, 0) is 50.1 Å². The molecule has 1 saturated carbocycles. The molecule has 0 heterocycles. The second-order valence-corrected chi connectivity index (χ2v) is 6.51. The molecule has 19 heavy (non-hydrogen) atoms. The fourth-order valence-corrected chi connectivity index (χ4v) is 3.32. The van der Waals surface area contributed by atoms with Gasteiger partial charge in [-0.2, -0.15) is 0 Å². The van der Waals surface area contributed by atoms with Gasteiger partial charge >= 0.3 is 0 Å². The van der Waals surface area contributed by atoms with Gasteiger partial charge in [0.15, 0.2) is 0 Å². The lowest BCUT2D eigenvalue weighted by Crippen LogP contribution is -2.31. The van der Waals surface area contributed by atoms with E-state index in [9.17, 15) is 0 Å². The maximum absolute atomic E-state index is 5.52. The molecule has 2 heteroatoms. The molecule has 0 aromatic heterocycles. The summed E-state index contributed by atoms with van der Waals surface area (Å²) < 4.78 is 5.52. The maximum atomic E-state index is 5.52. The zero-order chi connectivity index (χ0) is 13.9. The lowest BCUT2D eigenvalue weighted by atomic mass is 9.70. The van der Waals surface area contributed by atoms with Gasteiger partial charge in [0.2, 0.25) is 0 Å². The standard InChI is InChI=1S/C17H27NO/c1-17(2)11-9-13(10-12-17)16(18-3)14-7-5-6-8-15(14)19-4/h5-8,13,16,18H,9-12H2,1-4H3. The number of rotatable bonds is 4. The number of benzene rings is 1. The van der Waals surface area contributed by atoms with E-state index in [0.29, 0.717) is 17.4 Å². The number of methoxy groups -OCH3 is 1. The highest BCUT2D eigenvalue weighted by Crippen LogP contribution is 2.43. The van der Waals surface area contributed by atoms with Crippen molar-refractivity contribution < 1.29 is 4.74 Å². The Morgan fingerprint density at radius 3 is 2.42 bits per heavy atom. The number of para-hydroxylation sites is 1. The largest absolute Gasteiger partial charge is 0.496 e. The van der Waals surface area contributed by atoms with Crippen LogP contribution in [-0.2, 0) is 0 Å². The molecular formula is C17H27NO. The topological polar surface area (TPSA) is 21.3 Å². The Morgan fingerprint density at radius 1 is 1.21 bits per heavy atom. The van der Waals surface area contributed by atoms with E-state index in [1.54, 1.807) is 7.11 Å². The summed E-state index contributed by atoms with van der Waals surface area (Å²) in [6.45, 7) is 4.78. The first-order valence-electron chi connectivity index (χ1n) is 7.37. The minimum atomic E-state index is 0.409. The van der Waals surface area contributed by atoms with Crippen molar-refractivity contribution in [2.45, 2.75) is 45.6 Å². The van der Waals surface area contributed by atoms with Crippen molar-refractivity contribution in [2.24, 2.45) is 11.3 Å². The smallest absolute Gasteiger partial charge is 0.123 e. The first kappa shape index (κ1) is 14.4. The molecule has 1 aliphatic rings. The molecule has 0 aliphatic heterocycles. The summed E-state index contributed by atoms with van der Waals surface area (Å²) >= 11 is 0. The molecule has 106 valence electrons. The molecule has 1 fully saturated rings. The van der Waals surface area contributed by atoms with E-state index in [0.717, 1.165) is 5.75 Å². The lowest BCUT2D eigenvalue weighted by Gasteiger charge is -2.38. The van der Waals surface area contributed by atoms with Crippen LogP contribution in [-0.4, -0.2) is 14.2 Å². The fraction of sp³-hybridized carbons (Fsp3) is 0.647. The summed E-state index contributed by atoms with van der Waals surface area (Å²) in [5, 5.41) is 3.51. The van der Waals surface area contributed by atoms with Gasteiger partial charge in [-0.15, -0.1) is 0 Å². The summed E-state index contributed by atoms with van der Waals surface area (Å²) in [5.41, 5.74) is 1.83. The molecule has 2 nitrogen and oxygen atoms in total. The molecule has 1 atom stereocenters. The van der Waals surface area contributed by atoms with Gasteiger partial charge in [-0.3, -0.25) is 0 Å². The summed E-state index contributed by atoms with van der Waals surface area (Å²) in [6, 6.07) is 8.81. The number of ether oxygens (including phenoxy) is 1. The molecular weight excluding hydrogens is 234 g/mol. The summed E-state index contributed by atoms with van der Waals surface area (Å²) in [4.78, 5) is 0. The minimum absolute atomic E-state index is 0.409. The fourth-order valence-electron chi connectivity index (χ4n) is 3.32. The molecule has 0 spiro atoms. The third-order valence-electron chi connectivity index (χ3n) is 4.64. The summed E-state index contributed by atoms with van der Waals surface area (Å²) in [7, 11) is 3.83. The van der Waals surface area contributed by atoms with Gasteiger partial charge in [0, 0.05) is 11.6 Å². The van der Waals surface area contributed by atoms with Crippen LogP contribution < -0.4 is 10.1 Å². The highest BCUT2D eigenvalue weighted by Gasteiger charge is 2.32. The van der Waals surface area contributed by atoms with Crippen LogP contribution in [0.2, 0.25) is 0 Å². The molecule has 0 radical (unpaired) electrons. The Hall–Kier alpha value is -1.02. The second-order valence-electron chi connectivity index (χ2n) is 6.51. The molecule has 1 N–H and O–H groups in total. The van der Waals surface area contributed by atoms with Gasteiger partial charge in [-0.25, -0.2) is 0 Å². The predicted molar refractivity (Wildman–Crippen MR) is 80.5 cm³/mol.